The van der Waals surface area contributed by atoms with Crippen molar-refractivity contribution in [2.45, 2.75) is 87.5 Å². The van der Waals surface area contributed by atoms with Gasteiger partial charge in [0.05, 0.1) is 27.4 Å². The topological polar surface area (TPSA) is 134 Å². The van der Waals surface area contributed by atoms with E-state index in [-0.39, 0.29) is 17.9 Å². The first kappa shape index (κ1) is 38.8. The van der Waals surface area contributed by atoms with Crippen molar-refractivity contribution in [3.05, 3.63) is 82.6 Å². The fraction of sp³-hybridized carbons (Fsp3) is 0.543. The van der Waals surface area contributed by atoms with Crippen LogP contribution in [0.15, 0.2) is 60.2 Å². The zero-order valence-electron chi connectivity index (χ0n) is 34.7. The molecule has 6 aliphatic rings. The van der Waals surface area contributed by atoms with Crippen LogP contribution in [0.1, 0.15) is 68.8 Å². The van der Waals surface area contributed by atoms with E-state index < -0.39 is 45.9 Å². The number of hydrogen-bond donors (Lipinski definition) is 2. The molecule has 3 aromatic rings. The molecule has 6 heterocycles. The van der Waals surface area contributed by atoms with Crippen molar-refractivity contribution < 1.29 is 38.4 Å². The van der Waals surface area contributed by atoms with Crippen molar-refractivity contribution in [1.29, 1.82) is 0 Å². The molecular formula is C46H56N4O8. The maximum atomic E-state index is 15.3. The van der Waals surface area contributed by atoms with Crippen LogP contribution >= 0.6 is 0 Å². The minimum Gasteiger partial charge on any atom is -0.496 e. The Morgan fingerprint density at radius 2 is 1.78 bits per heavy atom. The van der Waals surface area contributed by atoms with Gasteiger partial charge in [-0.1, -0.05) is 55.8 Å². The quantitative estimate of drug-likeness (QED) is 0.194. The summed E-state index contributed by atoms with van der Waals surface area (Å²) in [5.74, 6) is -1.31. The number of methoxy groups -OCH3 is 3. The summed E-state index contributed by atoms with van der Waals surface area (Å²) in [5, 5.41) is 14.4. The molecule has 2 bridgehead atoms. The van der Waals surface area contributed by atoms with E-state index in [2.05, 4.69) is 58.1 Å². The highest BCUT2D eigenvalue weighted by Gasteiger charge is 2.80. The third kappa shape index (κ3) is 4.94. The number of rotatable bonds is 7. The number of aliphatic hydroxyl groups is 1. The number of hydrogen-bond acceptors (Lipinski definition) is 11. The van der Waals surface area contributed by atoms with Gasteiger partial charge >= 0.3 is 17.9 Å². The second-order valence-corrected chi connectivity index (χ2v) is 17.5. The zero-order chi connectivity index (χ0) is 40.9. The number of likely N-dealkylation sites (N-methyl/N-ethyl adjacent to an activating group) is 1. The molecule has 2 N–H and O–H groups in total. The van der Waals surface area contributed by atoms with Crippen LogP contribution in [0.2, 0.25) is 0 Å². The zero-order valence-corrected chi connectivity index (χ0v) is 34.7. The van der Waals surface area contributed by atoms with Gasteiger partial charge in [-0.15, -0.1) is 0 Å². The van der Waals surface area contributed by atoms with E-state index in [1.807, 2.05) is 37.1 Å². The highest BCUT2D eigenvalue weighted by atomic mass is 16.6. The molecule has 1 saturated heterocycles. The second kappa shape index (κ2) is 13.7. The normalized spacial score (nSPS) is 34.7. The molecule has 1 aromatic heterocycles. The molecule has 5 aliphatic heterocycles. The first-order chi connectivity index (χ1) is 27.9. The molecule has 58 heavy (non-hydrogen) atoms. The van der Waals surface area contributed by atoms with Crippen LogP contribution in [0.3, 0.4) is 0 Å². The number of esters is 3. The van der Waals surface area contributed by atoms with Gasteiger partial charge in [-0.3, -0.25) is 19.4 Å². The van der Waals surface area contributed by atoms with Crippen molar-refractivity contribution >= 4 is 34.5 Å². The molecule has 0 amide bonds. The molecule has 0 radical (unpaired) electrons. The summed E-state index contributed by atoms with van der Waals surface area (Å²) < 4.78 is 24.0. The lowest BCUT2D eigenvalue weighted by atomic mass is 9.47. The SMILES string of the molecule is CCC1=C[C@H]2CN(CCc3c([nH]c4ccccc34)[C@](C(=O)OC)(c3cc4c(cc3OC)N(C)C3[C@](O)(C(=O)OC)[C@@H](OC(C)=O)[C@@]5(CC)C=CCN6CC[C@@]43[C@@H]65)C2)C1. The fourth-order valence-electron chi connectivity index (χ4n) is 13.0. The lowest BCUT2D eigenvalue weighted by Gasteiger charge is -2.63. The number of nitrogens with zero attached hydrogens (tertiary/aromatic N) is 3. The lowest BCUT2D eigenvalue weighted by Crippen LogP contribution is -2.81. The Balaban J connectivity index is 1.37. The highest BCUT2D eigenvalue weighted by molar-refractivity contribution is 5.95. The van der Waals surface area contributed by atoms with E-state index in [1.54, 1.807) is 7.11 Å². The predicted octanol–water partition coefficient (Wildman–Crippen LogP) is 4.80. The summed E-state index contributed by atoms with van der Waals surface area (Å²) in [6.45, 7) is 9.44. The first-order valence-electron chi connectivity index (χ1n) is 20.8. The molecule has 2 unspecified atom stereocenters. The summed E-state index contributed by atoms with van der Waals surface area (Å²) in [4.78, 5) is 53.4. The van der Waals surface area contributed by atoms with Crippen molar-refractivity contribution in [3.63, 3.8) is 0 Å². The molecule has 12 heteroatoms. The average molecular weight is 793 g/mol. The summed E-state index contributed by atoms with van der Waals surface area (Å²) in [5.41, 5.74) is 1.10. The molecule has 9 atom stereocenters. The van der Waals surface area contributed by atoms with Crippen LogP contribution in [0, 0.1) is 11.3 Å². The van der Waals surface area contributed by atoms with Gasteiger partial charge in [-0.05, 0) is 67.8 Å². The number of nitrogens with one attached hydrogen (secondary N) is 1. The average Bonchev–Trinajstić information content (AvgIpc) is 3.89. The minimum absolute atomic E-state index is 0.0217. The van der Waals surface area contributed by atoms with Crippen molar-refractivity contribution in [2.75, 3.05) is 66.0 Å². The number of carbonyl (C=O) groups excluding carboxylic acids is 3. The number of carbonyl (C=O) groups is 3. The van der Waals surface area contributed by atoms with E-state index in [4.69, 9.17) is 18.9 Å². The number of anilines is 1. The molecule has 12 nitrogen and oxygen atoms in total. The van der Waals surface area contributed by atoms with Crippen molar-refractivity contribution in [1.82, 2.24) is 14.8 Å². The third-order valence-corrected chi connectivity index (χ3v) is 15.1. The number of para-hydroxylation sites is 1. The Bertz CT molecular complexity index is 2270. The van der Waals surface area contributed by atoms with Crippen LogP contribution in [-0.4, -0.2) is 123 Å². The summed E-state index contributed by atoms with van der Waals surface area (Å²) in [7, 11) is 6.24. The summed E-state index contributed by atoms with van der Waals surface area (Å²) in [6, 6.07) is 11.2. The van der Waals surface area contributed by atoms with Gasteiger partial charge in [0, 0.05) is 90.9 Å². The first-order valence-corrected chi connectivity index (χ1v) is 20.8. The molecule has 1 aliphatic carbocycles. The van der Waals surface area contributed by atoms with Gasteiger partial charge < -0.3 is 33.9 Å². The molecule has 2 aromatic carbocycles. The Kier molecular flexibility index (Phi) is 9.18. The van der Waals surface area contributed by atoms with Crippen LogP contribution in [-0.2, 0) is 45.8 Å². The van der Waals surface area contributed by atoms with Gasteiger partial charge in [0.25, 0.3) is 0 Å². The maximum Gasteiger partial charge on any atom is 0.344 e. The monoisotopic (exact) mass is 792 g/mol. The Labute approximate surface area is 340 Å². The van der Waals surface area contributed by atoms with Gasteiger partial charge in [0.2, 0.25) is 5.60 Å². The molecule has 2 fully saturated rings. The largest absolute Gasteiger partial charge is 0.496 e. The van der Waals surface area contributed by atoms with E-state index >= 15 is 4.79 Å². The Morgan fingerprint density at radius 1 is 1.00 bits per heavy atom. The maximum absolute atomic E-state index is 15.3. The standard InChI is InChI=1S/C46H56N4O8/c1-8-28-21-29-24-45(41(52)56-6,37-31(15-19-49(25-28)26-29)30-13-10-11-14-34(30)47-37)33-22-32-35(23-36(33)55-5)48(4)39-44(32)17-20-50-18-12-16-43(9-2,38(44)50)40(58-27(3)51)46(39,54)42(53)57-7/h10-14,16,21-23,29,38-40,47,54H,8-9,15,17-20,24-26H2,1-7H3/t29-,38+,39?,40+,43+,44+,45-,46-/m1/s1. The fourth-order valence-corrected chi connectivity index (χ4v) is 13.0. The van der Waals surface area contributed by atoms with Gasteiger partial charge in [-0.25, -0.2) is 4.79 Å². The Hall–Kier alpha value is -4.65. The molecule has 1 saturated carbocycles. The van der Waals surface area contributed by atoms with Crippen LogP contribution in [0.4, 0.5) is 5.69 Å². The van der Waals surface area contributed by atoms with Crippen LogP contribution < -0.4 is 9.64 Å². The molecular weight excluding hydrogens is 737 g/mol. The number of benzene rings is 2. The van der Waals surface area contributed by atoms with Crippen molar-refractivity contribution in [3.8, 4) is 5.75 Å². The minimum atomic E-state index is -2.28. The van der Waals surface area contributed by atoms with E-state index in [0.29, 0.717) is 43.7 Å². The Morgan fingerprint density at radius 3 is 2.48 bits per heavy atom. The predicted molar refractivity (Wildman–Crippen MR) is 219 cm³/mol. The number of aromatic amines is 1. The van der Waals surface area contributed by atoms with Gasteiger partial charge in [0.15, 0.2) is 6.10 Å². The number of ether oxygens (including phenoxy) is 4. The second-order valence-electron chi connectivity index (χ2n) is 17.5. The molecule has 308 valence electrons. The summed E-state index contributed by atoms with van der Waals surface area (Å²) in [6.07, 6.45) is 8.43. The van der Waals surface area contributed by atoms with Crippen molar-refractivity contribution in [2.24, 2.45) is 11.3 Å². The van der Waals surface area contributed by atoms with E-state index in [1.165, 1.54) is 26.7 Å². The number of fused-ring (bicyclic) bond motifs is 6. The van der Waals surface area contributed by atoms with E-state index in [9.17, 15) is 14.7 Å². The highest BCUT2D eigenvalue weighted by Crippen LogP contribution is 2.68. The number of aromatic nitrogens is 1. The smallest absolute Gasteiger partial charge is 0.344 e. The van der Waals surface area contributed by atoms with Crippen LogP contribution in [0.5, 0.6) is 5.75 Å². The summed E-state index contributed by atoms with van der Waals surface area (Å²) >= 11 is 0. The van der Waals surface area contributed by atoms with Gasteiger partial charge in [0.1, 0.15) is 11.2 Å². The van der Waals surface area contributed by atoms with E-state index in [0.717, 1.165) is 65.9 Å². The third-order valence-electron chi connectivity index (χ3n) is 15.1. The number of H-pyrrole nitrogens is 1. The molecule has 9 rings (SSSR count). The van der Waals surface area contributed by atoms with Gasteiger partial charge in [-0.2, -0.15) is 0 Å². The van der Waals surface area contributed by atoms with Crippen LogP contribution in [0.25, 0.3) is 10.9 Å². The molecule has 1 spiro atoms. The lowest BCUT2D eigenvalue weighted by molar-refractivity contribution is -0.228.